The molecule has 0 radical (unpaired) electrons. The second kappa shape index (κ2) is 8.57. The van der Waals surface area contributed by atoms with E-state index in [2.05, 4.69) is 4.98 Å². The number of methoxy groups -OCH3 is 2. The van der Waals surface area contributed by atoms with E-state index >= 15 is 0 Å². The van der Waals surface area contributed by atoms with E-state index in [1.165, 1.54) is 0 Å². The van der Waals surface area contributed by atoms with Crippen molar-refractivity contribution in [3.05, 3.63) is 59.8 Å². The Morgan fingerprint density at radius 2 is 1.97 bits per heavy atom. The summed E-state index contributed by atoms with van der Waals surface area (Å²) >= 11 is 0. The van der Waals surface area contributed by atoms with Gasteiger partial charge in [0.25, 0.3) is 5.91 Å². The van der Waals surface area contributed by atoms with Gasteiger partial charge in [-0.3, -0.25) is 4.79 Å². The highest BCUT2D eigenvalue weighted by Crippen LogP contribution is 2.24. The molecule has 2 aromatic carbocycles. The minimum Gasteiger partial charge on any atom is -0.497 e. The number of nitrogens with zero attached hydrogens (tertiary/aromatic N) is 1. The molecule has 0 saturated carbocycles. The van der Waals surface area contributed by atoms with Gasteiger partial charge in [-0.1, -0.05) is 12.1 Å². The maximum absolute atomic E-state index is 13.4. The highest BCUT2D eigenvalue weighted by atomic mass is 16.5. The van der Waals surface area contributed by atoms with Crippen molar-refractivity contribution in [1.82, 2.24) is 9.88 Å². The molecule has 1 fully saturated rings. The first-order valence-corrected chi connectivity index (χ1v) is 9.87. The first-order chi connectivity index (χ1) is 14.2. The molecule has 1 aromatic heterocycles. The minimum atomic E-state index is -0.0431. The summed E-state index contributed by atoms with van der Waals surface area (Å²) in [6, 6.07) is 15.5. The monoisotopic (exact) mass is 394 g/mol. The third-order valence-corrected chi connectivity index (χ3v) is 5.30. The van der Waals surface area contributed by atoms with E-state index in [9.17, 15) is 4.79 Å². The molecule has 1 amide bonds. The van der Waals surface area contributed by atoms with Crippen molar-refractivity contribution >= 4 is 16.8 Å². The van der Waals surface area contributed by atoms with Crippen LogP contribution in [-0.2, 0) is 11.3 Å². The number of carbonyl (C=O) groups excluding carboxylic acids is 1. The number of aromatic amines is 1. The molecule has 1 aliphatic rings. The topological polar surface area (TPSA) is 63.8 Å². The van der Waals surface area contributed by atoms with Crippen molar-refractivity contribution in [3.63, 3.8) is 0 Å². The standard InChI is InChI=1S/C23H26N2O4/c1-27-18-6-3-5-16(11-18)14-25(15-20-7-4-10-29-20)23(26)22-12-17-8-9-19(28-2)13-21(17)24-22/h3,5-6,8-9,11-13,20,24H,4,7,10,14-15H2,1-2H3. The Hall–Kier alpha value is -2.99. The zero-order valence-electron chi connectivity index (χ0n) is 16.8. The molecule has 0 bridgehead atoms. The van der Waals surface area contributed by atoms with Gasteiger partial charge < -0.3 is 24.1 Å². The average molecular weight is 394 g/mol. The Labute approximate surface area is 170 Å². The zero-order valence-corrected chi connectivity index (χ0v) is 16.8. The lowest BCUT2D eigenvalue weighted by molar-refractivity contribution is 0.0503. The first-order valence-electron chi connectivity index (χ1n) is 9.87. The van der Waals surface area contributed by atoms with Gasteiger partial charge >= 0.3 is 0 Å². The lowest BCUT2D eigenvalue weighted by atomic mass is 10.1. The van der Waals surface area contributed by atoms with Crippen LogP contribution in [0.4, 0.5) is 0 Å². The maximum atomic E-state index is 13.4. The molecule has 3 aromatic rings. The molecule has 1 unspecified atom stereocenters. The van der Waals surface area contributed by atoms with Gasteiger partial charge in [0.2, 0.25) is 0 Å². The number of ether oxygens (including phenoxy) is 3. The van der Waals surface area contributed by atoms with E-state index in [1.807, 2.05) is 53.4 Å². The fourth-order valence-corrected chi connectivity index (χ4v) is 3.76. The molecule has 2 heterocycles. The van der Waals surface area contributed by atoms with Gasteiger partial charge in [-0.05, 0) is 48.7 Å². The largest absolute Gasteiger partial charge is 0.497 e. The molecule has 0 aliphatic carbocycles. The van der Waals surface area contributed by atoms with Crippen LogP contribution in [0.1, 0.15) is 28.9 Å². The smallest absolute Gasteiger partial charge is 0.270 e. The Kier molecular flexibility index (Phi) is 5.71. The van der Waals surface area contributed by atoms with Crippen LogP contribution < -0.4 is 9.47 Å². The highest BCUT2D eigenvalue weighted by Gasteiger charge is 2.25. The molecule has 0 spiro atoms. The van der Waals surface area contributed by atoms with Crippen LogP contribution >= 0.6 is 0 Å². The van der Waals surface area contributed by atoms with E-state index in [1.54, 1.807) is 14.2 Å². The van der Waals surface area contributed by atoms with Crippen molar-refractivity contribution in [2.45, 2.75) is 25.5 Å². The van der Waals surface area contributed by atoms with Crippen molar-refractivity contribution < 1.29 is 19.0 Å². The molecular weight excluding hydrogens is 368 g/mol. The quantitative estimate of drug-likeness (QED) is 0.658. The minimum absolute atomic E-state index is 0.0431. The number of aromatic nitrogens is 1. The van der Waals surface area contributed by atoms with Gasteiger partial charge in [-0.25, -0.2) is 0 Å². The number of hydrogen-bond donors (Lipinski definition) is 1. The molecule has 152 valence electrons. The molecule has 1 atom stereocenters. The predicted octanol–water partition coefficient (Wildman–Crippen LogP) is 4.01. The van der Waals surface area contributed by atoms with Crippen LogP contribution in [-0.4, -0.2) is 49.3 Å². The number of rotatable bonds is 7. The van der Waals surface area contributed by atoms with Crippen molar-refractivity contribution in [1.29, 1.82) is 0 Å². The summed E-state index contributed by atoms with van der Waals surface area (Å²) in [5.74, 6) is 1.49. The fraction of sp³-hybridized carbons (Fsp3) is 0.348. The molecular formula is C23H26N2O4. The summed E-state index contributed by atoms with van der Waals surface area (Å²) in [6.07, 6.45) is 2.10. The summed E-state index contributed by atoms with van der Waals surface area (Å²) in [4.78, 5) is 18.5. The van der Waals surface area contributed by atoms with Crippen LogP contribution in [0.25, 0.3) is 10.9 Å². The summed E-state index contributed by atoms with van der Waals surface area (Å²) in [6.45, 7) is 1.82. The normalized spacial score (nSPS) is 16.1. The number of H-pyrrole nitrogens is 1. The number of fused-ring (bicyclic) bond motifs is 1. The molecule has 6 nitrogen and oxygen atoms in total. The molecule has 1 N–H and O–H groups in total. The third-order valence-electron chi connectivity index (χ3n) is 5.30. The van der Waals surface area contributed by atoms with Crippen LogP contribution in [0.3, 0.4) is 0 Å². The van der Waals surface area contributed by atoms with Crippen molar-refractivity contribution in [2.75, 3.05) is 27.4 Å². The van der Waals surface area contributed by atoms with Crippen LogP contribution in [0.15, 0.2) is 48.5 Å². The molecule has 1 aliphatic heterocycles. The molecule has 29 heavy (non-hydrogen) atoms. The number of hydrogen-bond acceptors (Lipinski definition) is 4. The van der Waals surface area contributed by atoms with E-state index in [4.69, 9.17) is 14.2 Å². The predicted molar refractivity (Wildman–Crippen MR) is 112 cm³/mol. The Balaban J connectivity index is 1.61. The number of amides is 1. The summed E-state index contributed by atoms with van der Waals surface area (Å²) < 4.78 is 16.4. The van der Waals surface area contributed by atoms with E-state index < -0.39 is 0 Å². The van der Waals surface area contributed by atoms with Gasteiger partial charge in [0, 0.05) is 36.7 Å². The van der Waals surface area contributed by atoms with E-state index in [-0.39, 0.29) is 12.0 Å². The zero-order chi connectivity index (χ0) is 20.2. The third kappa shape index (κ3) is 4.38. The molecule has 4 rings (SSSR count). The number of carbonyl (C=O) groups is 1. The van der Waals surface area contributed by atoms with Gasteiger partial charge in [0.05, 0.1) is 20.3 Å². The highest BCUT2D eigenvalue weighted by molar-refractivity contribution is 5.98. The summed E-state index contributed by atoms with van der Waals surface area (Å²) in [5.41, 5.74) is 2.47. The van der Waals surface area contributed by atoms with Crippen molar-refractivity contribution in [2.24, 2.45) is 0 Å². The van der Waals surface area contributed by atoms with Crippen LogP contribution in [0.5, 0.6) is 11.5 Å². The Morgan fingerprint density at radius 1 is 1.14 bits per heavy atom. The first kappa shape index (κ1) is 19.3. The average Bonchev–Trinajstić information content (AvgIpc) is 3.41. The SMILES string of the molecule is COc1cccc(CN(CC2CCCO2)C(=O)c2cc3ccc(OC)cc3[nH]2)c1. The van der Waals surface area contributed by atoms with Crippen LogP contribution in [0.2, 0.25) is 0 Å². The summed E-state index contributed by atoms with van der Waals surface area (Å²) in [5, 5.41) is 0.979. The fourth-order valence-electron chi connectivity index (χ4n) is 3.76. The number of benzene rings is 2. The maximum Gasteiger partial charge on any atom is 0.270 e. The summed E-state index contributed by atoms with van der Waals surface area (Å²) in [7, 11) is 3.28. The van der Waals surface area contributed by atoms with Gasteiger partial charge in [-0.2, -0.15) is 0 Å². The lowest BCUT2D eigenvalue weighted by Crippen LogP contribution is -2.37. The molecule has 6 heteroatoms. The number of nitrogens with one attached hydrogen (secondary N) is 1. The van der Waals surface area contributed by atoms with E-state index in [0.29, 0.717) is 18.8 Å². The molecule has 1 saturated heterocycles. The van der Waals surface area contributed by atoms with E-state index in [0.717, 1.165) is 47.4 Å². The Morgan fingerprint density at radius 3 is 2.72 bits per heavy atom. The Bertz CT molecular complexity index is 991. The van der Waals surface area contributed by atoms with Gasteiger partial charge in [-0.15, -0.1) is 0 Å². The van der Waals surface area contributed by atoms with Gasteiger partial charge in [0.15, 0.2) is 0 Å². The van der Waals surface area contributed by atoms with Crippen LogP contribution in [0, 0.1) is 0 Å². The van der Waals surface area contributed by atoms with Crippen molar-refractivity contribution in [3.8, 4) is 11.5 Å². The lowest BCUT2D eigenvalue weighted by Gasteiger charge is -2.25. The second-order valence-corrected chi connectivity index (χ2v) is 7.31. The second-order valence-electron chi connectivity index (χ2n) is 7.31. The van der Waals surface area contributed by atoms with Gasteiger partial charge in [0.1, 0.15) is 17.2 Å².